The van der Waals surface area contributed by atoms with E-state index in [0.29, 0.717) is 12.3 Å². The maximum absolute atomic E-state index is 12.0. The smallest absolute Gasteiger partial charge is 0.319 e. The highest BCUT2D eigenvalue weighted by atomic mass is 16.6. The molecule has 0 radical (unpaired) electrons. The van der Waals surface area contributed by atoms with E-state index in [9.17, 15) is 9.90 Å². The normalized spacial score (nSPS) is 30.8. The largest absolute Gasteiger partial charge is 0.497 e. The van der Waals surface area contributed by atoms with Crippen molar-refractivity contribution in [3.63, 3.8) is 0 Å². The van der Waals surface area contributed by atoms with Gasteiger partial charge in [0.2, 0.25) is 0 Å². The zero-order valence-corrected chi connectivity index (χ0v) is 11.6. The van der Waals surface area contributed by atoms with Gasteiger partial charge in [-0.3, -0.25) is 0 Å². The highest BCUT2D eigenvalue weighted by Gasteiger charge is 2.47. The predicted molar refractivity (Wildman–Crippen MR) is 74.4 cm³/mol. The maximum Gasteiger partial charge on any atom is 0.319 e. The van der Waals surface area contributed by atoms with Gasteiger partial charge in [-0.1, -0.05) is 0 Å². The monoisotopic (exact) mass is 294 g/mol. The third-order valence-electron chi connectivity index (χ3n) is 3.69. The first-order chi connectivity index (χ1) is 10.2. The number of methoxy groups -OCH3 is 1. The van der Waals surface area contributed by atoms with Crippen LogP contribution in [0.4, 0.5) is 10.5 Å². The number of anilines is 1. The molecule has 0 saturated carbocycles. The van der Waals surface area contributed by atoms with Crippen LogP contribution in [0.25, 0.3) is 0 Å². The van der Waals surface area contributed by atoms with Crippen LogP contribution >= 0.6 is 0 Å². The van der Waals surface area contributed by atoms with Crippen LogP contribution in [-0.4, -0.2) is 55.8 Å². The number of rotatable bonds is 3. The molecule has 1 aromatic rings. The Morgan fingerprint density at radius 3 is 2.67 bits per heavy atom. The average molecular weight is 294 g/mol. The molecule has 2 amide bonds. The van der Waals surface area contributed by atoms with Crippen LogP contribution in [0.2, 0.25) is 0 Å². The molecule has 0 spiro atoms. The van der Waals surface area contributed by atoms with Crippen LogP contribution in [-0.2, 0) is 9.47 Å². The Morgan fingerprint density at radius 1 is 1.24 bits per heavy atom. The summed E-state index contributed by atoms with van der Waals surface area (Å²) < 4.78 is 16.0. The van der Waals surface area contributed by atoms with Crippen LogP contribution in [0.15, 0.2) is 24.3 Å². The van der Waals surface area contributed by atoms with Gasteiger partial charge in [-0.05, 0) is 24.3 Å². The summed E-state index contributed by atoms with van der Waals surface area (Å²) in [5.41, 5.74) is 0.663. The Morgan fingerprint density at radius 2 is 1.95 bits per heavy atom. The van der Waals surface area contributed by atoms with Crippen LogP contribution in [0.5, 0.6) is 5.75 Å². The van der Waals surface area contributed by atoms with E-state index in [0.717, 1.165) is 5.75 Å². The van der Waals surface area contributed by atoms with E-state index in [1.165, 1.54) is 0 Å². The summed E-state index contributed by atoms with van der Waals surface area (Å²) in [5.74, 6) is 0.723. The van der Waals surface area contributed by atoms with E-state index in [1.807, 2.05) is 0 Å². The zero-order valence-electron chi connectivity index (χ0n) is 11.6. The van der Waals surface area contributed by atoms with Crippen LogP contribution < -0.4 is 15.4 Å². The van der Waals surface area contributed by atoms with Crippen molar-refractivity contribution in [2.24, 2.45) is 0 Å². The molecule has 7 heteroatoms. The molecule has 2 aliphatic rings. The molecule has 1 aromatic carbocycles. The van der Waals surface area contributed by atoms with Crippen molar-refractivity contribution in [1.29, 1.82) is 0 Å². The van der Waals surface area contributed by atoms with Crippen molar-refractivity contribution in [1.82, 2.24) is 5.32 Å². The molecule has 3 N–H and O–H groups in total. The average Bonchev–Trinajstić information content (AvgIpc) is 3.04. The number of ether oxygens (including phenoxy) is 3. The Kier molecular flexibility index (Phi) is 3.96. The lowest BCUT2D eigenvalue weighted by atomic mass is 10.1. The van der Waals surface area contributed by atoms with Gasteiger partial charge in [0.05, 0.1) is 26.4 Å². The third kappa shape index (κ3) is 2.94. The van der Waals surface area contributed by atoms with E-state index < -0.39 is 6.10 Å². The van der Waals surface area contributed by atoms with Crippen molar-refractivity contribution in [3.05, 3.63) is 24.3 Å². The van der Waals surface area contributed by atoms with Crippen molar-refractivity contribution < 1.29 is 24.1 Å². The van der Waals surface area contributed by atoms with Crippen molar-refractivity contribution >= 4 is 11.7 Å². The van der Waals surface area contributed by atoms with E-state index >= 15 is 0 Å². The predicted octanol–water partition coefficient (Wildman–Crippen LogP) is 0.344. The van der Waals surface area contributed by atoms with Crippen molar-refractivity contribution in [2.75, 3.05) is 25.6 Å². The summed E-state index contributed by atoms with van der Waals surface area (Å²) in [6.07, 6.45) is -1.26. The summed E-state index contributed by atoms with van der Waals surface area (Å²) in [6.45, 7) is 0.579. The topological polar surface area (TPSA) is 89.1 Å². The molecule has 3 rings (SSSR count). The minimum Gasteiger partial charge on any atom is -0.497 e. The zero-order chi connectivity index (χ0) is 14.8. The van der Waals surface area contributed by atoms with Crippen molar-refractivity contribution in [3.8, 4) is 5.75 Å². The van der Waals surface area contributed by atoms with Crippen LogP contribution in [0, 0.1) is 0 Å². The standard InChI is InChI=1S/C14H18N2O5/c1-19-9-4-2-8(3-5-9)15-14(18)16-10-6-20-13-11(17)7-21-12(10)13/h2-5,10-13,17H,6-7H2,1H3,(H2,15,16,18). The Labute approximate surface area is 122 Å². The second-order valence-electron chi connectivity index (χ2n) is 5.10. The van der Waals surface area contributed by atoms with Gasteiger partial charge in [-0.15, -0.1) is 0 Å². The quantitative estimate of drug-likeness (QED) is 0.748. The number of hydrogen-bond donors (Lipinski definition) is 3. The molecule has 0 bridgehead atoms. The fourth-order valence-electron chi connectivity index (χ4n) is 2.61. The number of aliphatic hydroxyl groups is 1. The minimum absolute atomic E-state index is 0.244. The lowest BCUT2D eigenvalue weighted by Crippen LogP contribution is -2.46. The van der Waals surface area contributed by atoms with Gasteiger partial charge >= 0.3 is 6.03 Å². The number of carbonyl (C=O) groups excluding carboxylic acids is 1. The molecule has 2 saturated heterocycles. The molecular weight excluding hydrogens is 276 g/mol. The second-order valence-corrected chi connectivity index (χ2v) is 5.10. The molecule has 0 aliphatic carbocycles. The summed E-state index contributed by atoms with van der Waals surface area (Å²) in [5, 5.41) is 15.2. The Bertz CT molecular complexity index is 507. The molecule has 2 heterocycles. The first-order valence-corrected chi connectivity index (χ1v) is 6.80. The van der Waals surface area contributed by atoms with Crippen LogP contribution in [0.1, 0.15) is 0 Å². The molecule has 0 aromatic heterocycles. The summed E-state index contributed by atoms with van der Waals surface area (Å²) in [4.78, 5) is 12.0. The minimum atomic E-state index is -0.619. The Balaban J connectivity index is 1.54. The molecule has 4 unspecified atom stereocenters. The fraction of sp³-hybridized carbons (Fsp3) is 0.500. The van der Waals surface area contributed by atoms with Crippen LogP contribution in [0.3, 0.4) is 0 Å². The first-order valence-electron chi connectivity index (χ1n) is 6.80. The van der Waals surface area contributed by atoms with E-state index in [2.05, 4.69) is 10.6 Å². The van der Waals surface area contributed by atoms with Gasteiger partial charge in [0.1, 0.15) is 24.1 Å². The number of fused-ring (bicyclic) bond motifs is 1. The number of amides is 2. The highest BCUT2D eigenvalue weighted by molar-refractivity contribution is 5.89. The number of urea groups is 1. The molecular formula is C14H18N2O5. The summed E-state index contributed by atoms with van der Waals surface area (Å²) >= 11 is 0. The third-order valence-corrected chi connectivity index (χ3v) is 3.69. The highest BCUT2D eigenvalue weighted by Crippen LogP contribution is 2.27. The van der Waals surface area contributed by atoms with E-state index in [1.54, 1.807) is 31.4 Å². The number of aliphatic hydroxyl groups excluding tert-OH is 1. The lowest BCUT2D eigenvalue weighted by Gasteiger charge is -2.17. The number of carbonyl (C=O) groups is 1. The molecule has 2 aliphatic heterocycles. The summed E-state index contributed by atoms with van der Waals surface area (Å²) in [6, 6.07) is 6.44. The van der Waals surface area contributed by atoms with Gasteiger partial charge in [-0.25, -0.2) is 4.79 Å². The van der Waals surface area contributed by atoms with E-state index in [-0.39, 0.29) is 30.9 Å². The molecule has 114 valence electrons. The van der Waals surface area contributed by atoms with Gasteiger partial charge in [0.25, 0.3) is 0 Å². The fourth-order valence-corrected chi connectivity index (χ4v) is 2.61. The number of benzene rings is 1. The SMILES string of the molecule is COc1ccc(NC(=O)NC2COC3C(O)COC23)cc1. The van der Waals surface area contributed by atoms with E-state index in [4.69, 9.17) is 14.2 Å². The molecule has 2 fully saturated rings. The second kappa shape index (κ2) is 5.88. The first kappa shape index (κ1) is 14.1. The molecule has 21 heavy (non-hydrogen) atoms. The lowest BCUT2D eigenvalue weighted by molar-refractivity contribution is 0.0180. The van der Waals surface area contributed by atoms with Gasteiger partial charge in [-0.2, -0.15) is 0 Å². The van der Waals surface area contributed by atoms with Gasteiger partial charge in [0, 0.05) is 5.69 Å². The van der Waals surface area contributed by atoms with Crippen molar-refractivity contribution in [2.45, 2.75) is 24.4 Å². The maximum atomic E-state index is 12.0. The Hall–Kier alpha value is -1.83. The van der Waals surface area contributed by atoms with Gasteiger partial charge in [0.15, 0.2) is 0 Å². The summed E-state index contributed by atoms with van der Waals surface area (Å²) in [7, 11) is 1.58. The number of hydrogen-bond acceptors (Lipinski definition) is 5. The molecule has 7 nitrogen and oxygen atoms in total. The number of nitrogens with one attached hydrogen (secondary N) is 2. The van der Waals surface area contributed by atoms with Gasteiger partial charge < -0.3 is 30.0 Å². The molecule has 4 atom stereocenters.